The molecule has 5 nitrogen and oxygen atoms in total. The maximum Gasteiger partial charge on any atom is 0.218 e. The molecule has 0 aliphatic rings. The van der Waals surface area contributed by atoms with Crippen LogP contribution in [0.1, 0.15) is 22.3 Å². The highest BCUT2D eigenvalue weighted by atomic mass is 15.1. The predicted molar refractivity (Wildman–Crippen MR) is 117 cm³/mol. The number of hydrogen-bond acceptors (Lipinski definition) is 3. The van der Waals surface area contributed by atoms with Crippen molar-refractivity contribution in [1.29, 1.82) is 0 Å². The van der Waals surface area contributed by atoms with Crippen LogP contribution in [-0.2, 0) is 13.5 Å². The van der Waals surface area contributed by atoms with Crippen molar-refractivity contribution < 1.29 is 0 Å². The Morgan fingerprint density at radius 1 is 1.10 bits per heavy atom. The van der Waals surface area contributed by atoms with Gasteiger partial charge in [-0.2, -0.15) is 10.2 Å². The third kappa shape index (κ3) is 3.92. The van der Waals surface area contributed by atoms with Gasteiger partial charge in [-0.3, -0.25) is 0 Å². The second-order valence-corrected chi connectivity index (χ2v) is 7.10. The maximum absolute atomic E-state index is 7.11. The quantitative estimate of drug-likeness (QED) is 0.460. The number of nitrogens with zero attached hydrogens (tertiary/aromatic N) is 5. The molecule has 0 saturated carbocycles. The molecule has 5 heteroatoms. The monoisotopic (exact) mass is 379 g/mol. The molecule has 0 bridgehead atoms. The Kier molecular flexibility index (Phi) is 5.17. The van der Waals surface area contributed by atoms with Gasteiger partial charge < -0.3 is 9.41 Å². The van der Waals surface area contributed by atoms with E-state index >= 15 is 0 Å². The molecule has 0 N–H and O–H groups in total. The summed E-state index contributed by atoms with van der Waals surface area (Å²) in [4.78, 5) is 7.79. The normalized spacial score (nSPS) is 11.2. The van der Waals surface area contributed by atoms with Gasteiger partial charge in [0.25, 0.3) is 0 Å². The Labute approximate surface area is 170 Å². The summed E-state index contributed by atoms with van der Waals surface area (Å²) in [6.07, 6.45) is 12.1. The Morgan fingerprint density at radius 2 is 2.00 bits per heavy atom. The largest absolute Gasteiger partial charge is 0.334 e. The minimum absolute atomic E-state index is 0.507. The number of aryl methyl sites for hydroxylation is 2. The first-order valence-corrected chi connectivity index (χ1v) is 9.47. The molecule has 0 saturated heterocycles. The minimum Gasteiger partial charge on any atom is -0.334 e. The lowest BCUT2D eigenvalue weighted by Gasteiger charge is -2.12. The summed E-state index contributed by atoms with van der Waals surface area (Å²) in [5.74, 6) is 0. The zero-order valence-electron chi connectivity index (χ0n) is 16.5. The number of fused-ring (bicyclic) bond motifs is 1. The highest BCUT2D eigenvalue weighted by Gasteiger charge is 2.10. The fourth-order valence-corrected chi connectivity index (χ4v) is 3.55. The summed E-state index contributed by atoms with van der Waals surface area (Å²) in [5, 5.41) is 10.1. The Morgan fingerprint density at radius 3 is 2.72 bits per heavy atom. The highest BCUT2D eigenvalue weighted by molar-refractivity contribution is 5.97. The van der Waals surface area contributed by atoms with Gasteiger partial charge in [-0.1, -0.05) is 24.3 Å². The Balaban J connectivity index is 1.89. The summed E-state index contributed by atoms with van der Waals surface area (Å²) >= 11 is 0. The van der Waals surface area contributed by atoms with E-state index in [-0.39, 0.29) is 0 Å². The van der Waals surface area contributed by atoms with Crippen LogP contribution in [0.4, 0.5) is 0 Å². The lowest BCUT2D eigenvalue weighted by Crippen LogP contribution is -1.95. The molecule has 29 heavy (non-hydrogen) atoms. The molecular formula is C24H21N5. The van der Waals surface area contributed by atoms with Gasteiger partial charge >= 0.3 is 0 Å². The average molecular weight is 379 g/mol. The minimum atomic E-state index is 0.507. The van der Waals surface area contributed by atoms with E-state index < -0.39 is 0 Å². The molecule has 0 fully saturated rings. The fraction of sp³-hybridized carbons (Fsp3) is 0.167. The smallest absolute Gasteiger partial charge is 0.218 e. The number of aromatic nitrogens is 4. The van der Waals surface area contributed by atoms with Crippen molar-refractivity contribution in [3.05, 3.63) is 88.9 Å². The van der Waals surface area contributed by atoms with Gasteiger partial charge in [0, 0.05) is 19.0 Å². The number of benzene rings is 2. The molecule has 4 aromatic rings. The third-order valence-corrected chi connectivity index (χ3v) is 5.11. The SMILES string of the molecule is [C-]#[N+]CCc1cc2c(/C=C/c3ccnnc3)cc(-c3cncn3C)cc2cc1C. The van der Waals surface area contributed by atoms with Crippen LogP contribution in [0.3, 0.4) is 0 Å². The lowest BCUT2D eigenvalue weighted by molar-refractivity contribution is 0.921. The number of rotatable bonds is 5. The molecule has 0 spiro atoms. The average Bonchev–Trinajstić information content (AvgIpc) is 3.17. The summed E-state index contributed by atoms with van der Waals surface area (Å²) in [7, 11) is 2.00. The number of hydrogen-bond donors (Lipinski definition) is 0. The molecule has 0 amide bonds. The predicted octanol–water partition coefficient (Wildman–Crippen LogP) is 4.97. The van der Waals surface area contributed by atoms with E-state index in [0.29, 0.717) is 6.54 Å². The van der Waals surface area contributed by atoms with Gasteiger partial charge in [-0.15, -0.1) is 0 Å². The molecule has 2 aromatic heterocycles. The van der Waals surface area contributed by atoms with Gasteiger partial charge in [0.15, 0.2) is 0 Å². The summed E-state index contributed by atoms with van der Waals surface area (Å²) in [5.41, 5.74) is 6.76. The highest BCUT2D eigenvalue weighted by Crippen LogP contribution is 2.31. The van der Waals surface area contributed by atoms with Gasteiger partial charge in [0.05, 0.1) is 30.6 Å². The molecule has 0 aliphatic carbocycles. The van der Waals surface area contributed by atoms with Gasteiger partial charge in [-0.05, 0) is 58.1 Å². The van der Waals surface area contributed by atoms with Crippen molar-refractivity contribution in [3.8, 4) is 11.3 Å². The summed E-state index contributed by atoms with van der Waals surface area (Å²) in [6, 6.07) is 10.8. The number of imidazole rings is 1. The Hall–Kier alpha value is -3.78. The Bertz CT molecular complexity index is 1230. The van der Waals surface area contributed by atoms with Crippen molar-refractivity contribution in [1.82, 2.24) is 19.7 Å². The topological polar surface area (TPSA) is 48.0 Å². The van der Waals surface area contributed by atoms with Gasteiger partial charge in [0.2, 0.25) is 6.54 Å². The van der Waals surface area contributed by atoms with Crippen LogP contribution in [0, 0.1) is 13.5 Å². The van der Waals surface area contributed by atoms with E-state index in [9.17, 15) is 0 Å². The van der Waals surface area contributed by atoms with Gasteiger partial charge in [-0.25, -0.2) is 11.6 Å². The molecule has 0 aliphatic heterocycles. The maximum atomic E-state index is 7.11. The van der Waals surface area contributed by atoms with E-state index in [4.69, 9.17) is 6.57 Å². The lowest BCUT2D eigenvalue weighted by atomic mass is 9.93. The van der Waals surface area contributed by atoms with E-state index in [1.165, 1.54) is 21.9 Å². The standard InChI is InChI=1S/C24H21N5/c1-17-10-21-12-22(24-15-26-16-29(24)3)11-20(5-4-18-6-9-27-28-14-18)23(21)13-19(17)7-8-25-2/h4-6,9-16H,7-8H2,1,3H3/b5-4+. The molecule has 4 rings (SSSR count). The van der Waals surface area contributed by atoms with Crippen LogP contribution in [0.5, 0.6) is 0 Å². The van der Waals surface area contributed by atoms with Crippen molar-refractivity contribution in [2.24, 2.45) is 7.05 Å². The van der Waals surface area contributed by atoms with E-state index in [0.717, 1.165) is 28.8 Å². The second-order valence-electron chi connectivity index (χ2n) is 7.10. The third-order valence-electron chi connectivity index (χ3n) is 5.11. The first-order chi connectivity index (χ1) is 14.2. The molecule has 0 radical (unpaired) electrons. The van der Waals surface area contributed by atoms with Crippen LogP contribution >= 0.6 is 0 Å². The summed E-state index contributed by atoms with van der Waals surface area (Å²) < 4.78 is 2.03. The van der Waals surface area contributed by atoms with E-state index in [1.54, 1.807) is 12.4 Å². The zero-order chi connectivity index (χ0) is 20.2. The summed E-state index contributed by atoms with van der Waals surface area (Å²) in [6.45, 7) is 9.74. The first kappa shape index (κ1) is 18.6. The molecule has 2 aromatic carbocycles. The van der Waals surface area contributed by atoms with Crippen molar-refractivity contribution >= 4 is 22.9 Å². The second kappa shape index (κ2) is 8.07. The molecular weight excluding hydrogens is 358 g/mol. The van der Waals surface area contributed by atoms with Crippen LogP contribution < -0.4 is 0 Å². The molecule has 2 heterocycles. The van der Waals surface area contributed by atoms with Crippen LogP contribution in [0.25, 0.3) is 39.0 Å². The van der Waals surface area contributed by atoms with Crippen molar-refractivity contribution in [2.45, 2.75) is 13.3 Å². The first-order valence-electron chi connectivity index (χ1n) is 9.47. The van der Waals surface area contributed by atoms with E-state index in [2.05, 4.69) is 63.4 Å². The zero-order valence-corrected chi connectivity index (χ0v) is 16.5. The van der Waals surface area contributed by atoms with Crippen LogP contribution in [0.2, 0.25) is 0 Å². The molecule has 0 unspecified atom stereocenters. The van der Waals surface area contributed by atoms with Crippen molar-refractivity contribution in [3.63, 3.8) is 0 Å². The van der Waals surface area contributed by atoms with Crippen molar-refractivity contribution in [2.75, 3.05) is 6.54 Å². The fourth-order valence-electron chi connectivity index (χ4n) is 3.55. The molecule has 0 atom stereocenters. The van der Waals surface area contributed by atoms with Crippen LogP contribution in [0.15, 0.2) is 55.2 Å². The van der Waals surface area contributed by atoms with E-state index in [1.807, 2.05) is 30.2 Å². The van der Waals surface area contributed by atoms with Crippen LogP contribution in [-0.4, -0.2) is 26.3 Å². The van der Waals surface area contributed by atoms with Gasteiger partial charge in [0.1, 0.15) is 0 Å². The molecule has 142 valence electrons.